The van der Waals surface area contributed by atoms with Crippen LogP contribution < -0.4 is 5.32 Å². The van der Waals surface area contributed by atoms with Gasteiger partial charge in [-0.1, -0.05) is 18.2 Å². The van der Waals surface area contributed by atoms with Crippen molar-refractivity contribution in [3.05, 3.63) is 66.9 Å². The lowest BCUT2D eigenvalue weighted by molar-refractivity contribution is 0.212. The van der Waals surface area contributed by atoms with E-state index in [2.05, 4.69) is 10.4 Å². The van der Waals surface area contributed by atoms with Crippen LogP contribution in [0.5, 0.6) is 0 Å². The number of hydrogen-bond donors (Lipinski definition) is 1. The van der Waals surface area contributed by atoms with E-state index in [1.165, 1.54) is 0 Å². The Balaban J connectivity index is 1.66. The fourth-order valence-electron chi connectivity index (χ4n) is 2.24. The monoisotopic (exact) mass is 310 g/mol. The van der Waals surface area contributed by atoms with E-state index in [1.54, 1.807) is 34.5 Å². The number of hydrogen-bond acceptors (Lipinski definition) is 3. The first-order valence-corrected chi connectivity index (χ1v) is 7.43. The molecule has 2 amide bonds. The summed E-state index contributed by atoms with van der Waals surface area (Å²) in [6.07, 6.45) is 6.67. The lowest BCUT2D eigenvalue weighted by Crippen LogP contribution is -2.34. The van der Waals surface area contributed by atoms with E-state index in [4.69, 9.17) is 4.42 Å². The molecule has 118 valence electrons. The van der Waals surface area contributed by atoms with E-state index in [1.807, 2.05) is 43.3 Å². The topological polar surface area (TPSA) is 63.3 Å². The number of anilines is 1. The minimum Gasteiger partial charge on any atom is -0.472 e. The van der Waals surface area contributed by atoms with Crippen LogP contribution >= 0.6 is 0 Å². The molecule has 1 aromatic carbocycles. The molecule has 0 aliphatic heterocycles. The second-order valence-electron chi connectivity index (χ2n) is 5.09. The first kappa shape index (κ1) is 14.9. The number of urea groups is 1. The third kappa shape index (κ3) is 3.60. The van der Waals surface area contributed by atoms with E-state index >= 15 is 0 Å². The molecule has 6 nitrogen and oxygen atoms in total. The normalized spacial score (nSPS) is 10.5. The Labute approximate surface area is 134 Å². The fraction of sp³-hybridized carbons (Fsp3) is 0.176. The van der Waals surface area contributed by atoms with Gasteiger partial charge < -0.3 is 14.6 Å². The van der Waals surface area contributed by atoms with Crippen LogP contribution in [0.3, 0.4) is 0 Å². The SMILES string of the molecule is CCN(Cc1ccoc1)C(=O)Nc1cnn(-c2ccccc2)c1. The third-order valence-electron chi connectivity index (χ3n) is 3.48. The van der Waals surface area contributed by atoms with Gasteiger partial charge in [0, 0.05) is 12.1 Å². The number of furan rings is 1. The third-order valence-corrected chi connectivity index (χ3v) is 3.48. The van der Waals surface area contributed by atoms with E-state index in [9.17, 15) is 4.79 Å². The predicted molar refractivity (Wildman–Crippen MR) is 87.4 cm³/mol. The number of nitrogens with one attached hydrogen (secondary N) is 1. The van der Waals surface area contributed by atoms with Crippen molar-refractivity contribution in [3.63, 3.8) is 0 Å². The summed E-state index contributed by atoms with van der Waals surface area (Å²) in [5, 5.41) is 7.14. The van der Waals surface area contributed by atoms with Gasteiger partial charge in [-0.3, -0.25) is 0 Å². The summed E-state index contributed by atoms with van der Waals surface area (Å²) in [5.74, 6) is 0. The van der Waals surface area contributed by atoms with Crippen molar-refractivity contribution >= 4 is 11.7 Å². The van der Waals surface area contributed by atoms with Crippen molar-refractivity contribution in [1.82, 2.24) is 14.7 Å². The molecule has 0 saturated heterocycles. The van der Waals surface area contributed by atoms with Gasteiger partial charge in [0.1, 0.15) is 0 Å². The standard InChI is InChI=1S/C17H18N4O2/c1-2-20(11-14-8-9-23-13-14)17(22)19-15-10-18-21(12-15)16-6-4-3-5-7-16/h3-10,12-13H,2,11H2,1H3,(H,19,22). The Morgan fingerprint density at radius 1 is 1.30 bits per heavy atom. The van der Waals surface area contributed by atoms with Crippen molar-refractivity contribution < 1.29 is 9.21 Å². The highest BCUT2D eigenvalue weighted by molar-refractivity contribution is 5.89. The van der Waals surface area contributed by atoms with Crippen molar-refractivity contribution in [1.29, 1.82) is 0 Å². The van der Waals surface area contributed by atoms with E-state index in [-0.39, 0.29) is 6.03 Å². The fourth-order valence-corrected chi connectivity index (χ4v) is 2.24. The molecule has 0 saturated carbocycles. The zero-order chi connectivity index (χ0) is 16.1. The molecule has 0 aliphatic carbocycles. The second kappa shape index (κ2) is 6.83. The van der Waals surface area contributed by atoms with E-state index in [0.29, 0.717) is 18.8 Å². The number of rotatable bonds is 5. The number of carbonyl (C=O) groups excluding carboxylic acids is 1. The zero-order valence-corrected chi connectivity index (χ0v) is 12.8. The largest absolute Gasteiger partial charge is 0.472 e. The number of carbonyl (C=O) groups is 1. The van der Waals surface area contributed by atoms with Gasteiger partial charge in [0.15, 0.2) is 0 Å². The number of benzene rings is 1. The van der Waals surface area contributed by atoms with E-state index < -0.39 is 0 Å². The van der Waals surface area contributed by atoms with Crippen LogP contribution in [-0.2, 0) is 6.54 Å². The molecule has 0 unspecified atom stereocenters. The predicted octanol–water partition coefficient (Wildman–Crippen LogP) is 3.52. The smallest absolute Gasteiger partial charge is 0.322 e. The van der Waals surface area contributed by atoms with Gasteiger partial charge >= 0.3 is 6.03 Å². The number of nitrogens with zero attached hydrogens (tertiary/aromatic N) is 3. The molecule has 0 radical (unpaired) electrons. The summed E-state index contributed by atoms with van der Waals surface area (Å²) in [6.45, 7) is 3.04. The van der Waals surface area contributed by atoms with Crippen LogP contribution in [0.1, 0.15) is 12.5 Å². The molecule has 0 aliphatic rings. The maximum absolute atomic E-state index is 12.4. The van der Waals surface area contributed by atoms with Crippen molar-refractivity contribution in [2.45, 2.75) is 13.5 Å². The summed E-state index contributed by atoms with van der Waals surface area (Å²) in [7, 11) is 0. The van der Waals surface area contributed by atoms with Crippen molar-refractivity contribution in [2.75, 3.05) is 11.9 Å². The number of amides is 2. The summed E-state index contributed by atoms with van der Waals surface area (Å²) in [5.41, 5.74) is 2.56. The molecule has 1 N–H and O–H groups in total. The lowest BCUT2D eigenvalue weighted by atomic mass is 10.3. The van der Waals surface area contributed by atoms with Gasteiger partial charge in [-0.15, -0.1) is 0 Å². The molecule has 0 atom stereocenters. The molecule has 23 heavy (non-hydrogen) atoms. The maximum atomic E-state index is 12.4. The van der Waals surface area contributed by atoms with Gasteiger partial charge in [0.2, 0.25) is 0 Å². The number of para-hydroxylation sites is 1. The minimum atomic E-state index is -0.165. The highest BCUT2D eigenvalue weighted by Crippen LogP contribution is 2.13. The van der Waals surface area contributed by atoms with Crippen molar-refractivity contribution in [3.8, 4) is 5.69 Å². The summed E-state index contributed by atoms with van der Waals surface area (Å²) < 4.78 is 6.76. The van der Waals surface area contributed by atoms with Crippen LogP contribution in [0.4, 0.5) is 10.5 Å². The van der Waals surface area contributed by atoms with Gasteiger partial charge in [-0.05, 0) is 25.1 Å². The van der Waals surface area contributed by atoms with Gasteiger partial charge in [-0.25, -0.2) is 9.48 Å². The van der Waals surface area contributed by atoms with Gasteiger partial charge in [0.25, 0.3) is 0 Å². The molecule has 3 aromatic rings. The second-order valence-corrected chi connectivity index (χ2v) is 5.09. The van der Waals surface area contributed by atoms with Gasteiger partial charge in [0.05, 0.1) is 42.8 Å². The van der Waals surface area contributed by atoms with Crippen LogP contribution in [0.2, 0.25) is 0 Å². The highest BCUT2D eigenvalue weighted by Gasteiger charge is 2.13. The van der Waals surface area contributed by atoms with Crippen LogP contribution in [0.15, 0.2) is 65.7 Å². The number of aromatic nitrogens is 2. The summed E-state index contributed by atoms with van der Waals surface area (Å²) in [4.78, 5) is 14.1. The first-order chi connectivity index (χ1) is 11.3. The first-order valence-electron chi connectivity index (χ1n) is 7.43. The Kier molecular flexibility index (Phi) is 4.42. The quantitative estimate of drug-likeness (QED) is 0.784. The zero-order valence-electron chi connectivity index (χ0n) is 12.8. The molecule has 0 bridgehead atoms. The molecule has 2 aromatic heterocycles. The van der Waals surface area contributed by atoms with Crippen LogP contribution in [-0.4, -0.2) is 27.3 Å². The van der Waals surface area contributed by atoms with Gasteiger partial charge in [-0.2, -0.15) is 5.10 Å². The minimum absolute atomic E-state index is 0.165. The molecule has 3 rings (SSSR count). The Morgan fingerprint density at radius 2 is 2.13 bits per heavy atom. The highest BCUT2D eigenvalue weighted by atomic mass is 16.3. The Bertz CT molecular complexity index is 750. The molecular formula is C17H18N4O2. The van der Waals surface area contributed by atoms with Crippen molar-refractivity contribution in [2.24, 2.45) is 0 Å². The average Bonchev–Trinajstić information content (AvgIpc) is 3.25. The maximum Gasteiger partial charge on any atom is 0.322 e. The average molecular weight is 310 g/mol. The Morgan fingerprint density at radius 3 is 2.83 bits per heavy atom. The lowest BCUT2D eigenvalue weighted by Gasteiger charge is -2.20. The van der Waals surface area contributed by atoms with Crippen LogP contribution in [0, 0.1) is 0 Å². The van der Waals surface area contributed by atoms with Crippen LogP contribution in [0.25, 0.3) is 5.69 Å². The Hall–Kier alpha value is -3.02. The summed E-state index contributed by atoms with van der Waals surface area (Å²) >= 11 is 0. The molecule has 6 heteroatoms. The molecular weight excluding hydrogens is 292 g/mol. The van der Waals surface area contributed by atoms with E-state index in [0.717, 1.165) is 11.3 Å². The summed E-state index contributed by atoms with van der Waals surface area (Å²) in [6, 6.07) is 11.4. The molecule has 0 spiro atoms. The molecule has 0 fully saturated rings. The molecule has 2 heterocycles.